The number of hydrogen-bond donors (Lipinski definition) is 1. The molecule has 4 saturated carbocycles. The zero-order chi connectivity index (χ0) is 10.4. The first-order valence-electron chi connectivity index (χ1n) is 6.39. The third kappa shape index (κ3) is 0.724. The van der Waals surface area contributed by atoms with E-state index in [0.29, 0.717) is 5.92 Å². The first kappa shape index (κ1) is 8.60. The van der Waals surface area contributed by atoms with E-state index in [9.17, 15) is 4.79 Å². The average molecular weight is 206 g/mol. The molecule has 4 aliphatic rings. The first-order chi connectivity index (χ1) is 7.16. The second kappa shape index (κ2) is 2.26. The van der Waals surface area contributed by atoms with Gasteiger partial charge in [0.1, 0.15) is 0 Å². The van der Waals surface area contributed by atoms with Crippen molar-refractivity contribution < 1.29 is 9.90 Å². The van der Waals surface area contributed by atoms with E-state index in [2.05, 4.69) is 6.92 Å². The molecule has 4 fully saturated rings. The molecule has 0 saturated heterocycles. The van der Waals surface area contributed by atoms with Crippen molar-refractivity contribution in [2.45, 2.75) is 32.6 Å². The van der Waals surface area contributed by atoms with Crippen LogP contribution in [0.5, 0.6) is 0 Å². The number of carboxylic acids is 1. The Labute approximate surface area is 90.1 Å². The highest BCUT2D eigenvalue weighted by Gasteiger charge is 2.79. The van der Waals surface area contributed by atoms with Gasteiger partial charge in [0.2, 0.25) is 0 Å². The molecule has 82 valence electrons. The molecular formula is C13H18O2. The number of rotatable bonds is 1. The van der Waals surface area contributed by atoms with Crippen molar-refractivity contribution >= 4 is 5.97 Å². The molecule has 1 N–H and O–H groups in total. The van der Waals surface area contributed by atoms with Crippen molar-refractivity contribution in [1.82, 2.24) is 0 Å². The molecule has 0 heterocycles. The summed E-state index contributed by atoms with van der Waals surface area (Å²) < 4.78 is 0. The number of fused-ring (bicyclic) bond motifs is 6. The summed E-state index contributed by atoms with van der Waals surface area (Å²) in [5.41, 5.74) is 0.274. The van der Waals surface area contributed by atoms with E-state index in [4.69, 9.17) is 5.11 Å². The molecule has 15 heavy (non-hydrogen) atoms. The maximum atomic E-state index is 11.1. The van der Waals surface area contributed by atoms with E-state index in [-0.39, 0.29) is 11.3 Å². The van der Waals surface area contributed by atoms with E-state index in [0.717, 1.165) is 30.1 Å². The second-order valence-corrected chi connectivity index (χ2v) is 6.43. The average Bonchev–Trinajstić information content (AvgIpc) is 2.75. The second-order valence-electron chi connectivity index (χ2n) is 6.43. The molecule has 0 aromatic rings. The summed E-state index contributed by atoms with van der Waals surface area (Å²) >= 11 is 0. The van der Waals surface area contributed by atoms with E-state index < -0.39 is 5.97 Å². The predicted molar refractivity (Wildman–Crippen MR) is 55.2 cm³/mol. The Balaban J connectivity index is 1.67. The molecule has 0 aliphatic heterocycles. The van der Waals surface area contributed by atoms with Crippen LogP contribution in [0.25, 0.3) is 0 Å². The topological polar surface area (TPSA) is 37.3 Å². The van der Waals surface area contributed by atoms with Crippen LogP contribution in [0.2, 0.25) is 0 Å². The summed E-state index contributed by atoms with van der Waals surface area (Å²) in [5.74, 6) is 3.80. The van der Waals surface area contributed by atoms with Gasteiger partial charge in [-0.2, -0.15) is 0 Å². The minimum absolute atomic E-state index is 0.0214. The van der Waals surface area contributed by atoms with Crippen molar-refractivity contribution in [1.29, 1.82) is 0 Å². The maximum absolute atomic E-state index is 11.1. The molecule has 0 aromatic carbocycles. The molecule has 1 spiro atoms. The summed E-state index contributed by atoms with van der Waals surface area (Å²) in [6.45, 7) is 2.32. The Hall–Kier alpha value is -0.530. The fourth-order valence-corrected chi connectivity index (χ4v) is 5.88. The van der Waals surface area contributed by atoms with Crippen LogP contribution < -0.4 is 0 Å². The van der Waals surface area contributed by atoms with Gasteiger partial charge < -0.3 is 5.11 Å². The van der Waals surface area contributed by atoms with Crippen LogP contribution in [-0.2, 0) is 4.79 Å². The fraction of sp³-hybridized carbons (Fsp3) is 0.923. The van der Waals surface area contributed by atoms with Crippen LogP contribution in [0.3, 0.4) is 0 Å². The summed E-state index contributed by atoms with van der Waals surface area (Å²) in [5, 5.41) is 9.16. The van der Waals surface area contributed by atoms with Crippen molar-refractivity contribution in [3.8, 4) is 0 Å². The van der Waals surface area contributed by atoms with Gasteiger partial charge >= 0.3 is 5.97 Å². The predicted octanol–water partition coefficient (Wildman–Crippen LogP) is 2.39. The molecule has 0 radical (unpaired) electrons. The number of aliphatic carboxylic acids is 1. The van der Waals surface area contributed by atoms with Crippen LogP contribution in [0, 0.1) is 40.9 Å². The molecular weight excluding hydrogens is 188 g/mol. The van der Waals surface area contributed by atoms with Gasteiger partial charge in [0, 0.05) is 0 Å². The van der Waals surface area contributed by atoms with Crippen LogP contribution in [-0.4, -0.2) is 11.1 Å². The van der Waals surface area contributed by atoms with Crippen LogP contribution in [0.4, 0.5) is 0 Å². The van der Waals surface area contributed by atoms with E-state index >= 15 is 0 Å². The lowest BCUT2D eigenvalue weighted by Gasteiger charge is -2.55. The van der Waals surface area contributed by atoms with Gasteiger partial charge in [-0.25, -0.2) is 0 Å². The van der Waals surface area contributed by atoms with Crippen LogP contribution >= 0.6 is 0 Å². The summed E-state index contributed by atoms with van der Waals surface area (Å²) in [7, 11) is 0. The molecule has 0 unspecified atom stereocenters. The Kier molecular flexibility index (Phi) is 1.29. The van der Waals surface area contributed by atoms with Gasteiger partial charge in [0.25, 0.3) is 0 Å². The van der Waals surface area contributed by atoms with Gasteiger partial charge in [-0.05, 0) is 60.7 Å². The lowest BCUT2D eigenvalue weighted by Crippen LogP contribution is -2.52. The zero-order valence-electron chi connectivity index (χ0n) is 9.15. The quantitative estimate of drug-likeness (QED) is 0.715. The first-order valence-corrected chi connectivity index (χ1v) is 6.39. The van der Waals surface area contributed by atoms with Gasteiger partial charge in [0.05, 0.1) is 5.92 Å². The highest BCUT2D eigenvalue weighted by Crippen LogP contribution is 2.82. The summed E-state index contributed by atoms with van der Waals surface area (Å²) in [4.78, 5) is 11.1. The minimum Gasteiger partial charge on any atom is -0.481 e. The summed E-state index contributed by atoms with van der Waals surface area (Å²) in [6, 6.07) is 0. The third-order valence-corrected chi connectivity index (χ3v) is 6.37. The normalized spacial score (nSPS) is 64.1. The summed E-state index contributed by atoms with van der Waals surface area (Å²) in [6.07, 6.45) is 5.25. The fourth-order valence-electron chi connectivity index (χ4n) is 5.88. The molecule has 0 amide bonds. The highest BCUT2D eigenvalue weighted by atomic mass is 16.4. The Bertz CT molecular complexity index is 350. The maximum Gasteiger partial charge on any atom is 0.307 e. The molecule has 2 heteroatoms. The van der Waals surface area contributed by atoms with E-state index in [1.54, 1.807) is 0 Å². The lowest BCUT2D eigenvalue weighted by molar-refractivity contribution is -0.146. The molecule has 2 bridgehead atoms. The largest absolute Gasteiger partial charge is 0.481 e. The SMILES string of the molecule is C[C@H]1[C@@H]2[C@@H]3CC[C@H](C3)[C@@H]2[C@@]12C[C@@H]2C(=O)O. The molecule has 4 aliphatic carbocycles. The smallest absolute Gasteiger partial charge is 0.307 e. The molecule has 2 nitrogen and oxygen atoms in total. The van der Waals surface area contributed by atoms with Crippen LogP contribution in [0.15, 0.2) is 0 Å². The van der Waals surface area contributed by atoms with E-state index in [1.807, 2.05) is 0 Å². The van der Waals surface area contributed by atoms with E-state index in [1.165, 1.54) is 19.3 Å². The Morgan fingerprint density at radius 1 is 1.33 bits per heavy atom. The lowest BCUT2D eigenvalue weighted by atomic mass is 9.49. The van der Waals surface area contributed by atoms with Crippen molar-refractivity contribution in [3.05, 3.63) is 0 Å². The Morgan fingerprint density at radius 3 is 2.73 bits per heavy atom. The molecule has 7 atom stereocenters. The van der Waals surface area contributed by atoms with Crippen molar-refractivity contribution in [3.63, 3.8) is 0 Å². The molecule has 4 rings (SSSR count). The number of carboxylic acid groups (broad SMARTS) is 1. The standard InChI is InChI=1S/C13H18O2/c1-6-10-7-2-3-8(4-7)11(10)13(6)5-9(13)12(14)15/h6-11H,2-5H2,1H3,(H,14,15)/t6-,7+,8+,9+,10+,11-,13-/m0/s1. The number of hydrogen-bond acceptors (Lipinski definition) is 1. The van der Waals surface area contributed by atoms with Crippen LogP contribution in [0.1, 0.15) is 32.6 Å². The van der Waals surface area contributed by atoms with Crippen molar-refractivity contribution in [2.24, 2.45) is 40.9 Å². The molecule has 0 aromatic heterocycles. The highest BCUT2D eigenvalue weighted by molar-refractivity contribution is 5.75. The van der Waals surface area contributed by atoms with Gasteiger partial charge in [0.15, 0.2) is 0 Å². The van der Waals surface area contributed by atoms with Gasteiger partial charge in [-0.3, -0.25) is 4.79 Å². The monoisotopic (exact) mass is 206 g/mol. The zero-order valence-corrected chi connectivity index (χ0v) is 9.15. The minimum atomic E-state index is -0.525. The number of carbonyl (C=O) groups is 1. The Morgan fingerprint density at radius 2 is 2.07 bits per heavy atom. The van der Waals surface area contributed by atoms with Gasteiger partial charge in [-0.15, -0.1) is 0 Å². The van der Waals surface area contributed by atoms with Gasteiger partial charge in [-0.1, -0.05) is 6.92 Å². The van der Waals surface area contributed by atoms with Crippen molar-refractivity contribution in [2.75, 3.05) is 0 Å². The third-order valence-electron chi connectivity index (χ3n) is 6.37.